The Bertz CT molecular complexity index is 2710. The average Bonchev–Trinajstić information content (AvgIpc) is 3.82. The van der Waals surface area contributed by atoms with Gasteiger partial charge in [-0.25, -0.2) is 4.98 Å². The summed E-state index contributed by atoms with van der Waals surface area (Å²) in [5.41, 5.74) is 14.4. The Balaban J connectivity index is 1.40. The van der Waals surface area contributed by atoms with E-state index in [1.54, 1.807) is 12.4 Å². The van der Waals surface area contributed by atoms with Crippen LogP contribution in [0.4, 0.5) is 0 Å². The van der Waals surface area contributed by atoms with Crippen LogP contribution >= 0.6 is 0 Å². The van der Waals surface area contributed by atoms with E-state index < -0.39 is 0 Å². The highest BCUT2D eigenvalue weighted by molar-refractivity contribution is 6.11. The molecule has 288 valence electrons. The van der Waals surface area contributed by atoms with Gasteiger partial charge in [-0.1, -0.05) is 107 Å². The van der Waals surface area contributed by atoms with Crippen molar-refractivity contribution in [2.24, 2.45) is 0 Å². The molecule has 0 saturated heterocycles. The van der Waals surface area contributed by atoms with Crippen LogP contribution in [0.15, 0.2) is 114 Å². The summed E-state index contributed by atoms with van der Waals surface area (Å²) in [6.07, 6.45) is 3.51. The highest BCUT2D eigenvalue weighted by atomic mass is 16.3. The summed E-state index contributed by atoms with van der Waals surface area (Å²) in [5.74, 6) is 0.567. The lowest BCUT2D eigenvalue weighted by molar-refractivity contribution is 0.590. The Labute approximate surface area is 336 Å². The number of aromatic nitrogens is 4. The second kappa shape index (κ2) is 12.4. The van der Waals surface area contributed by atoms with Gasteiger partial charge in [0.2, 0.25) is 5.89 Å². The quantitative estimate of drug-likeness (QED) is 0.181. The number of benzene rings is 5. The minimum absolute atomic E-state index is 0.00933. The van der Waals surface area contributed by atoms with Crippen LogP contribution < -0.4 is 0 Å². The molecule has 0 aliphatic rings. The van der Waals surface area contributed by atoms with Gasteiger partial charge in [-0.3, -0.25) is 4.98 Å². The first-order valence-electron chi connectivity index (χ1n) is 20.3. The number of pyridine rings is 1. The third kappa shape index (κ3) is 6.23. The normalized spacial score (nSPS) is 13.3. The molecule has 0 unspecified atom stereocenters. The lowest BCUT2D eigenvalue weighted by atomic mass is 9.85. The maximum atomic E-state index is 6.47. The van der Waals surface area contributed by atoms with Crippen molar-refractivity contribution in [1.29, 1.82) is 0 Å². The van der Waals surface area contributed by atoms with Crippen molar-refractivity contribution in [1.82, 2.24) is 19.1 Å². The summed E-state index contributed by atoms with van der Waals surface area (Å²) < 4.78 is 11.3. The van der Waals surface area contributed by atoms with Crippen LogP contribution in [0.25, 0.3) is 77.5 Å². The van der Waals surface area contributed by atoms with E-state index in [-0.39, 0.29) is 21.7 Å². The number of hydrogen-bond donors (Lipinski definition) is 0. The highest BCUT2D eigenvalue weighted by Gasteiger charge is 2.25. The van der Waals surface area contributed by atoms with Crippen LogP contribution in [0.5, 0.6) is 0 Å². The van der Waals surface area contributed by atoms with Crippen molar-refractivity contribution in [3.63, 3.8) is 0 Å². The van der Waals surface area contributed by atoms with Gasteiger partial charge >= 0.3 is 0 Å². The molecule has 4 heterocycles. The topological polar surface area (TPSA) is 48.8 Å². The molecule has 0 atom stereocenters. The molecule has 5 aromatic carbocycles. The van der Waals surface area contributed by atoms with Gasteiger partial charge in [-0.15, -0.1) is 0 Å². The van der Waals surface area contributed by atoms with Crippen molar-refractivity contribution in [2.75, 3.05) is 0 Å². The fourth-order valence-electron chi connectivity index (χ4n) is 8.35. The van der Waals surface area contributed by atoms with Crippen LogP contribution in [0.3, 0.4) is 0 Å². The van der Waals surface area contributed by atoms with Gasteiger partial charge < -0.3 is 13.6 Å². The van der Waals surface area contributed by atoms with Gasteiger partial charge in [0.1, 0.15) is 5.52 Å². The SMILES string of the molecule is CC(C)(C)c1ccc2c(c1)c1cc(C(C)(C)C)ccc1n2-c1cc(-c2nc3ccncc3o2)cc(-n2c3ccc(C(C)(C)C)cc3c3cc(C(C)(C)C)ccc32)c1. The zero-order valence-corrected chi connectivity index (χ0v) is 35.6. The lowest BCUT2D eigenvalue weighted by Crippen LogP contribution is -2.10. The summed E-state index contributed by atoms with van der Waals surface area (Å²) in [4.78, 5) is 9.33. The minimum atomic E-state index is 0.00933. The fraction of sp³-hybridized carbons (Fsp3) is 0.308. The molecule has 0 aliphatic carbocycles. The molecule has 9 aromatic rings. The van der Waals surface area contributed by atoms with Crippen LogP contribution in [-0.2, 0) is 21.7 Å². The Hall–Kier alpha value is -5.68. The van der Waals surface area contributed by atoms with Crippen molar-refractivity contribution in [3.05, 3.63) is 132 Å². The molecule has 0 fully saturated rings. The van der Waals surface area contributed by atoms with Gasteiger partial charge in [0.25, 0.3) is 0 Å². The molecule has 5 heteroatoms. The van der Waals surface area contributed by atoms with Gasteiger partial charge in [0.05, 0.1) is 28.3 Å². The fourth-order valence-corrected chi connectivity index (χ4v) is 8.35. The van der Waals surface area contributed by atoms with E-state index in [0.29, 0.717) is 11.5 Å². The second-order valence-corrected chi connectivity index (χ2v) is 20.2. The first-order chi connectivity index (χ1) is 26.8. The van der Waals surface area contributed by atoms with Crippen molar-refractivity contribution in [3.8, 4) is 22.8 Å². The maximum absolute atomic E-state index is 6.47. The molecule has 0 N–H and O–H groups in total. The van der Waals surface area contributed by atoms with Gasteiger partial charge in [-0.05, 0) is 117 Å². The number of rotatable bonds is 3. The molecule has 57 heavy (non-hydrogen) atoms. The molecule has 0 aliphatic heterocycles. The molecule has 0 saturated carbocycles. The standard InChI is InChI=1S/C52H54N4O/c1-49(2,3)32-13-17-43-38(25-32)39-26-33(50(4,5)6)14-18-44(39)55(43)36-23-31(48-54-42-21-22-53-30-47(42)57-48)24-37(29-36)56-45-19-15-34(51(7,8)9)27-40(45)41-28-35(52(10,11)12)16-20-46(41)56/h13-30H,1-12H3. The Kier molecular flexibility index (Phi) is 8.04. The average molecular weight is 751 g/mol. The Morgan fingerprint density at radius 2 is 0.807 bits per heavy atom. The van der Waals surface area contributed by atoms with Gasteiger partial charge in [0.15, 0.2) is 5.58 Å². The van der Waals surface area contributed by atoms with Gasteiger partial charge in [0, 0.05) is 44.7 Å². The molecule has 0 spiro atoms. The van der Waals surface area contributed by atoms with Crippen molar-refractivity contribution in [2.45, 2.75) is 105 Å². The smallest absolute Gasteiger partial charge is 0.227 e. The van der Waals surface area contributed by atoms with E-state index >= 15 is 0 Å². The number of fused-ring (bicyclic) bond motifs is 7. The predicted molar refractivity (Wildman–Crippen MR) is 241 cm³/mol. The van der Waals surface area contributed by atoms with Crippen LogP contribution in [0.1, 0.15) is 105 Å². The van der Waals surface area contributed by atoms with E-state index in [1.165, 1.54) is 65.9 Å². The highest BCUT2D eigenvalue weighted by Crippen LogP contribution is 2.42. The summed E-state index contributed by atoms with van der Waals surface area (Å²) in [7, 11) is 0. The Morgan fingerprint density at radius 3 is 1.14 bits per heavy atom. The van der Waals surface area contributed by atoms with Crippen LogP contribution in [0, 0.1) is 0 Å². The van der Waals surface area contributed by atoms with Crippen LogP contribution in [-0.4, -0.2) is 19.1 Å². The molecule has 0 amide bonds. The molecular formula is C52H54N4O. The third-order valence-corrected chi connectivity index (χ3v) is 11.9. The zero-order valence-electron chi connectivity index (χ0n) is 35.6. The molecule has 0 radical (unpaired) electrons. The van der Waals surface area contributed by atoms with Crippen molar-refractivity contribution < 1.29 is 4.42 Å². The summed E-state index contributed by atoms with van der Waals surface area (Å²) in [6, 6.07) is 36.8. The molecule has 0 bridgehead atoms. The van der Waals surface area contributed by atoms with E-state index in [0.717, 1.165) is 22.5 Å². The summed E-state index contributed by atoms with van der Waals surface area (Å²) in [6.45, 7) is 27.5. The van der Waals surface area contributed by atoms with E-state index in [2.05, 4.69) is 188 Å². The molecule has 4 aromatic heterocycles. The minimum Gasteiger partial charge on any atom is -0.434 e. The first-order valence-corrected chi connectivity index (χ1v) is 20.3. The first kappa shape index (κ1) is 36.9. The third-order valence-electron chi connectivity index (χ3n) is 11.9. The zero-order chi connectivity index (χ0) is 40.4. The molecule has 9 rings (SSSR count). The number of nitrogens with zero attached hydrogens (tertiary/aromatic N) is 4. The van der Waals surface area contributed by atoms with E-state index in [4.69, 9.17) is 9.40 Å². The Morgan fingerprint density at radius 1 is 0.439 bits per heavy atom. The van der Waals surface area contributed by atoms with Crippen LogP contribution in [0.2, 0.25) is 0 Å². The predicted octanol–water partition coefficient (Wildman–Crippen LogP) is 14.3. The molecule has 5 nitrogen and oxygen atoms in total. The number of oxazole rings is 1. The maximum Gasteiger partial charge on any atom is 0.227 e. The molecular weight excluding hydrogens is 697 g/mol. The lowest BCUT2D eigenvalue weighted by Gasteiger charge is -2.19. The monoisotopic (exact) mass is 750 g/mol. The van der Waals surface area contributed by atoms with E-state index in [9.17, 15) is 0 Å². The van der Waals surface area contributed by atoms with Gasteiger partial charge in [-0.2, -0.15) is 0 Å². The largest absolute Gasteiger partial charge is 0.434 e. The van der Waals surface area contributed by atoms with E-state index in [1.807, 2.05) is 6.07 Å². The second-order valence-electron chi connectivity index (χ2n) is 20.2. The summed E-state index contributed by atoms with van der Waals surface area (Å²) >= 11 is 0. The van der Waals surface area contributed by atoms with Crippen molar-refractivity contribution >= 4 is 54.7 Å². The summed E-state index contributed by atoms with van der Waals surface area (Å²) in [5, 5.41) is 5.02. The number of hydrogen-bond acceptors (Lipinski definition) is 3.